The third-order valence-electron chi connectivity index (χ3n) is 1.43. The average Bonchev–Trinajstić information content (AvgIpc) is 1.81. The van der Waals surface area contributed by atoms with Crippen LogP contribution in [0, 0.1) is 0 Å². The lowest BCUT2D eigenvalue weighted by atomic mass is 10.4. The Kier molecular flexibility index (Phi) is 9.63. The zero-order chi connectivity index (χ0) is 10.5. The van der Waals surface area contributed by atoms with Gasteiger partial charge in [-0.25, -0.2) is 0 Å². The lowest BCUT2D eigenvalue weighted by Crippen LogP contribution is -3.00. The number of hydrogen-bond acceptors (Lipinski definition) is 3. The molecule has 0 aromatic rings. The van der Waals surface area contributed by atoms with Gasteiger partial charge in [-0.15, -0.1) is 0 Å². The first-order valence-electron chi connectivity index (χ1n) is 4.53. The molecule has 1 atom stereocenters. The summed E-state index contributed by atoms with van der Waals surface area (Å²) in [5, 5.41) is 9.59. The van der Waals surface area contributed by atoms with E-state index in [-0.39, 0.29) is 29.1 Å². The summed E-state index contributed by atoms with van der Waals surface area (Å²) in [6.45, 7) is 2.56. The van der Waals surface area contributed by atoms with Crippen molar-refractivity contribution < 1.29 is 38.4 Å². The molecule has 0 aromatic heterocycles. The van der Waals surface area contributed by atoms with Crippen molar-refractivity contribution in [3.8, 4) is 0 Å². The van der Waals surface area contributed by atoms with E-state index >= 15 is 0 Å². The van der Waals surface area contributed by atoms with Gasteiger partial charge < -0.3 is 33.6 Å². The Morgan fingerprint density at radius 1 is 1.43 bits per heavy atom. The van der Waals surface area contributed by atoms with Gasteiger partial charge in [0.25, 0.3) is 0 Å². The zero-order valence-electron chi connectivity index (χ0n) is 9.29. The van der Waals surface area contributed by atoms with Crippen LogP contribution < -0.4 is 24.0 Å². The number of thioether (sulfide) groups is 1. The Labute approximate surface area is 108 Å². The maximum atomic E-state index is 11.1. The molecule has 0 saturated carbocycles. The third-order valence-corrected chi connectivity index (χ3v) is 2.31. The summed E-state index contributed by atoms with van der Waals surface area (Å²) >= 11 is 1.05. The lowest BCUT2D eigenvalue weighted by Gasteiger charge is -2.25. The fourth-order valence-corrected chi connectivity index (χ4v) is 2.07. The van der Waals surface area contributed by atoms with E-state index in [4.69, 9.17) is 0 Å². The largest absolute Gasteiger partial charge is 1.00 e. The molecule has 1 N–H and O–H groups in total. The molecule has 1 unspecified atom stereocenters. The van der Waals surface area contributed by atoms with Crippen molar-refractivity contribution in [3.05, 3.63) is 0 Å². The average molecular weight is 333 g/mol. The number of likely N-dealkylation sites (N-methyl/N-ethyl adjacent to an activating group) is 1. The number of carbonyl (C=O) groups is 1. The van der Waals surface area contributed by atoms with Crippen LogP contribution in [0.1, 0.15) is 19.8 Å². The van der Waals surface area contributed by atoms with Gasteiger partial charge in [0.2, 0.25) is 0 Å². The van der Waals surface area contributed by atoms with Gasteiger partial charge in [-0.2, -0.15) is 0 Å². The van der Waals surface area contributed by atoms with Crippen LogP contribution in [0.2, 0.25) is 0 Å². The topological polar surface area (TPSA) is 37.3 Å². The van der Waals surface area contributed by atoms with E-state index in [2.05, 4.69) is 0 Å². The molecule has 0 heterocycles. The molecule has 0 spiro atoms. The predicted molar refractivity (Wildman–Crippen MR) is 56.4 cm³/mol. The SMILES string of the molecule is CCCC(=O)SC(O)C[N+](C)(C)C.[I-]. The molecule has 0 amide bonds. The monoisotopic (exact) mass is 333 g/mol. The number of carbonyl (C=O) groups excluding carboxylic acids is 1. The molecule has 0 rings (SSSR count). The minimum atomic E-state index is -0.570. The first-order chi connectivity index (χ1) is 5.85. The number of aliphatic hydroxyl groups is 1. The number of nitrogens with zero attached hydrogens (tertiary/aromatic N) is 1. The second-order valence-electron chi connectivity index (χ2n) is 4.17. The quantitative estimate of drug-likeness (QED) is 0.362. The highest BCUT2D eigenvalue weighted by Crippen LogP contribution is 2.14. The number of hydrogen-bond donors (Lipinski definition) is 1. The van der Waals surface area contributed by atoms with E-state index in [0.29, 0.717) is 17.4 Å². The van der Waals surface area contributed by atoms with Gasteiger partial charge in [-0.3, -0.25) is 4.79 Å². The van der Waals surface area contributed by atoms with Gasteiger partial charge >= 0.3 is 0 Å². The standard InChI is InChI=1S/C9H20NO2S.HI/c1-5-6-8(11)13-9(12)7-10(2,3)4;/h9,12H,5-7H2,1-4H3;1H/q+1;/p-1. The van der Waals surface area contributed by atoms with E-state index in [1.165, 1.54) is 0 Å². The maximum Gasteiger partial charge on any atom is 0.191 e. The Morgan fingerprint density at radius 2 is 1.93 bits per heavy atom. The summed E-state index contributed by atoms with van der Waals surface area (Å²) in [7, 11) is 5.98. The first kappa shape index (κ1) is 17.1. The third kappa shape index (κ3) is 10.7. The van der Waals surface area contributed by atoms with Crippen LogP contribution >= 0.6 is 11.8 Å². The molecule has 3 nitrogen and oxygen atoms in total. The minimum absolute atomic E-state index is 0. The number of quaternary nitrogens is 1. The zero-order valence-corrected chi connectivity index (χ0v) is 12.3. The molecule has 0 aliphatic heterocycles. The molecule has 0 aliphatic carbocycles. The fourth-order valence-electron chi connectivity index (χ4n) is 0.921. The summed E-state index contributed by atoms with van der Waals surface area (Å²) in [6.07, 6.45) is 1.40. The number of halogens is 1. The first-order valence-corrected chi connectivity index (χ1v) is 5.41. The van der Waals surface area contributed by atoms with Crippen molar-refractivity contribution in [1.29, 1.82) is 0 Å². The number of aliphatic hydroxyl groups excluding tert-OH is 1. The molecule has 5 heteroatoms. The molecule has 0 aliphatic rings. The highest BCUT2D eigenvalue weighted by Gasteiger charge is 2.18. The molecule has 0 radical (unpaired) electrons. The van der Waals surface area contributed by atoms with Crippen molar-refractivity contribution in [2.24, 2.45) is 0 Å². The number of rotatable bonds is 5. The van der Waals surface area contributed by atoms with Crippen LogP contribution in [-0.2, 0) is 4.79 Å². The van der Waals surface area contributed by atoms with Crippen molar-refractivity contribution >= 4 is 16.9 Å². The van der Waals surface area contributed by atoms with Crippen molar-refractivity contribution in [2.75, 3.05) is 27.7 Å². The van der Waals surface area contributed by atoms with Gasteiger partial charge in [0.1, 0.15) is 6.54 Å². The van der Waals surface area contributed by atoms with Gasteiger partial charge in [-0.05, 0) is 6.42 Å². The predicted octanol–water partition coefficient (Wildman–Crippen LogP) is -1.93. The Bertz CT molecular complexity index is 171. The Balaban J connectivity index is 0. The molecular weight excluding hydrogens is 313 g/mol. The Hall–Kier alpha value is 0.670. The normalized spacial score (nSPS) is 13.2. The summed E-state index contributed by atoms with van der Waals surface area (Å²) in [6, 6.07) is 0. The fraction of sp³-hybridized carbons (Fsp3) is 0.889. The second-order valence-corrected chi connectivity index (χ2v) is 5.40. The van der Waals surface area contributed by atoms with Crippen LogP contribution in [-0.4, -0.2) is 47.8 Å². The summed E-state index contributed by atoms with van der Waals surface area (Å²) in [5.41, 5.74) is -0.570. The van der Waals surface area contributed by atoms with Crippen LogP contribution in [0.5, 0.6) is 0 Å². The molecular formula is C9H20INO2S. The summed E-state index contributed by atoms with van der Waals surface area (Å²) < 4.78 is 0.674. The van der Waals surface area contributed by atoms with Gasteiger partial charge in [0.05, 0.1) is 21.1 Å². The molecule has 0 fully saturated rings. The van der Waals surface area contributed by atoms with Gasteiger partial charge in [-0.1, -0.05) is 18.7 Å². The van der Waals surface area contributed by atoms with E-state index in [9.17, 15) is 9.90 Å². The summed E-state index contributed by atoms with van der Waals surface area (Å²) in [5.74, 6) is 0. The molecule has 0 bridgehead atoms. The highest BCUT2D eigenvalue weighted by atomic mass is 127. The van der Waals surface area contributed by atoms with E-state index in [0.717, 1.165) is 18.2 Å². The minimum Gasteiger partial charge on any atom is -1.00 e. The highest BCUT2D eigenvalue weighted by molar-refractivity contribution is 8.14. The van der Waals surface area contributed by atoms with Crippen LogP contribution in [0.15, 0.2) is 0 Å². The molecule has 86 valence electrons. The molecule has 0 saturated heterocycles. The van der Waals surface area contributed by atoms with Crippen LogP contribution in [0.4, 0.5) is 0 Å². The Morgan fingerprint density at radius 3 is 2.29 bits per heavy atom. The second kappa shape index (κ2) is 7.90. The van der Waals surface area contributed by atoms with E-state index < -0.39 is 5.44 Å². The van der Waals surface area contributed by atoms with E-state index in [1.54, 1.807) is 0 Å². The smallest absolute Gasteiger partial charge is 0.191 e. The molecule has 14 heavy (non-hydrogen) atoms. The lowest BCUT2D eigenvalue weighted by molar-refractivity contribution is -0.871. The van der Waals surface area contributed by atoms with Gasteiger partial charge in [0, 0.05) is 6.42 Å². The summed E-state index contributed by atoms with van der Waals surface area (Å²) in [4.78, 5) is 11.1. The van der Waals surface area contributed by atoms with Crippen molar-refractivity contribution in [1.82, 2.24) is 0 Å². The van der Waals surface area contributed by atoms with Crippen molar-refractivity contribution in [3.63, 3.8) is 0 Å². The van der Waals surface area contributed by atoms with Crippen molar-refractivity contribution in [2.45, 2.75) is 25.2 Å². The van der Waals surface area contributed by atoms with E-state index in [1.807, 2.05) is 28.1 Å². The van der Waals surface area contributed by atoms with Gasteiger partial charge in [0.15, 0.2) is 10.6 Å². The van der Waals surface area contributed by atoms with Crippen LogP contribution in [0.3, 0.4) is 0 Å². The van der Waals surface area contributed by atoms with Crippen LogP contribution in [0.25, 0.3) is 0 Å². The maximum absolute atomic E-state index is 11.1. The molecule has 0 aromatic carbocycles.